The number of halogens is 1. The van der Waals surface area contributed by atoms with Gasteiger partial charge in [0.05, 0.1) is 5.69 Å². The van der Waals surface area contributed by atoms with E-state index >= 15 is 0 Å². The quantitative estimate of drug-likeness (QED) is 0.847. The number of benzene rings is 1. The van der Waals surface area contributed by atoms with E-state index < -0.39 is 10.2 Å². The highest BCUT2D eigenvalue weighted by Gasteiger charge is 2.29. The highest BCUT2D eigenvalue weighted by atomic mass is 79.9. The smallest absolute Gasteiger partial charge is 0.301 e. The molecule has 0 radical (unpaired) electrons. The minimum absolute atomic E-state index is 0.0258. The molecule has 0 saturated carbocycles. The second-order valence-electron chi connectivity index (χ2n) is 5.59. The van der Waals surface area contributed by atoms with Crippen molar-refractivity contribution in [2.75, 3.05) is 24.4 Å². The van der Waals surface area contributed by atoms with Gasteiger partial charge in [-0.1, -0.05) is 6.07 Å². The van der Waals surface area contributed by atoms with Gasteiger partial charge >= 0.3 is 10.2 Å². The maximum Gasteiger partial charge on any atom is 0.301 e. The first-order valence-corrected chi connectivity index (χ1v) is 9.22. The van der Waals surface area contributed by atoms with Crippen LogP contribution in [0, 0.1) is 19.8 Å². The van der Waals surface area contributed by atoms with E-state index in [2.05, 4.69) is 20.7 Å². The van der Waals surface area contributed by atoms with Crippen LogP contribution in [-0.4, -0.2) is 37.5 Å². The van der Waals surface area contributed by atoms with E-state index in [0.717, 1.165) is 28.4 Å². The Kier molecular flexibility index (Phi) is 5.29. The largest absolute Gasteiger partial charge is 0.396 e. The topological polar surface area (TPSA) is 69.6 Å². The van der Waals surface area contributed by atoms with E-state index in [-0.39, 0.29) is 12.5 Å². The summed E-state index contributed by atoms with van der Waals surface area (Å²) in [5, 5.41) is 9.23. The summed E-state index contributed by atoms with van der Waals surface area (Å²) in [5.41, 5.74) is 2.52. The third kappa shape index (κ3) is 3.97. The Morgan fingerprint density at radius 3 is 2.76 bits per heavy atom. The van der Waals surface area contributed by atoms with Gasteiger partial charge in [0, 0.05) is 24.2 Å². The summed E-state index contributed by atoms with van der Waals surface area (Å²) in [6, 6.07) is 3.83. The monoisotopic (exact) mass is 376 g/mol. The molecule has 7 heteroatoms. The molecule has 5 nitrogen and oxygen atoms in total. The average Bonchev–Trinajstić information content (AvgIpc) is 2.43. The SMILES string of the molecule is Cc1cc(C)c(NS(=O)(=O)N2CCCC(CO)C2)c(Br)c1. The van der Waals surface area contributed by atoms with Crippen LogP contribution < -0.4 is 4.72 Å². The predicted octanol–water partition coefficient (Wildman–Crippen LogP) is 2.43. The van der Waals surface area contributed by atoms with Gasteiger partial charge in [0.15, 0.2) is 0 Å². The summed E-state index contributed by atoms with van der Waals surface area (Å²) < 4.78 is 29.9. The molecule has 1 aliphatic heterocycles. The molecule has 0 aliphatic carbocycles. The standard InChI is InChI=1S/C14H21BrN2O3S/c1-10-6-11(2)14(13(15)7-10)16-21(19,20)17-5-3-4-12(8-17)9-18/h6-7,12,16,18H,3-5,8-9H2,1-2H3. The number of nitrogens with one attached hydrogen (secondary N) is 1. The lowest BCUT2D eigenvalue weighted by atomic mass is 10.0. The number of aliphatic hydroxyl groups is 1. The average molecular weight is 377 g/mol. The van der Waals surface area contributed by atoms with Crippen molar-refractivity contribution >= 4 is 31.8 Å². The summed E-state index contributed by atoms with van der Waals surface area (Å²) >= 11 is 3.41. The Morgan fingerprint density at radius 1 is 1.43 bits per heavy atom. The van der Waals surface area contributed by atoms with E-state index in [1.807, 2.05) is 26.0 Å². The second-order valence-corrected chi connectivity index (χ2v) is 8.12. The van der Waals surface area contributed by atoms with Gasteiger partial charge in [0.25, 0.3) is 0 Å². The van der Waals surface area contributed by atoms with Crippen LogP contribution in [0.25, 0.3) is 0 Å². The first-order chi connectivity index (χ1) is 9.83. The number of anilines is 1. The van der Waals surface area contributed by atoms with Crippen LogP contribution in [0.4, 0.5) is 5.69 Å². The van der Waals surface area contributed by atoms with Gasteiger partial charge < -0.3 is 5.11 Å². The van der Waals surface area contributed by atoms with Crippen LogP contribution in [0.2, 0.25) is 0 Å². The fourth-order valence-corrected chi connectivity index (χ4v) is 4.97. The van der Waals surface area contributed by atoms with Crippen LogP contribution in [0.1, 0.15) is 24.0 Å². The van der Waals surface area contributed by atoms with Crippen LogP contribution in [0.5, 0.6) is 0 Å². The van der Waals surface area contributed by atoms with E-state index in [9.17, 15) is 13.5 Å². The van der Waals surface area contributed by atoms with Crippen molar-refractivity contribution in [3.63, 3.8) is 0 Å². The zero-order chi connectivity index (χ0) is 15.6. The third-order valence-electron chi connectivity index (χ3n) is 3.74. The van der Waals surface area contributed by atoms with E-state index in [1.54, 1.807) is 0 Å². The Labute approximate surface area is 134 Å². The first kappa shape index (κ1) is 16.7. The van der Waals surface area contributed by atoms with Gasteiger partial charge in [-0.05, 0) is 65.7 Å². The summed E-state index contributed by atoms with van der Waals surface area (Å²) in [6.45, 7) is 4.73. The molecule has 2 N–H and O–H groups in total. The fourth-order valence-electron chi connectivity index (χ4n) is 2.63. The van der Waals surface area contributed by atoms with Gasteiger partial charge in [0.1, 0.15) is 0 Å². The lowest BCUT2D eigenvalue weighted by Crippen LogP contribution is -2.43. The van der Waals surface area contributed by atoms with Gasteiger partial charge in [-0.15, -0.1) is 0 Å². The molecule has 1 unspecified atom stereocenters. The maximum absolute atomic E-state index is 12.5. The van der Waals surface area contributed by atoms with Gasteiger partial charge in [-0.25, -0.2) is 0 Å². The van der Waals surface area contributed by atoms with Crippen LogP contribution in [0.15, 0.2) is 16.6 Å². The Bertz CT molecular complexity index is 596. The highest BCUT2D eigenvalue weighted by Crippen LogP contribution is 2.30. The Balaban J connectivity index is 2.22. The lowest BCUT2D eigenvalue weighted by molar-refractivity contribution is 0.166. The van der Waals surface area contributed by atoms with Crippen molar-refractivity contribution in [2.45, 2.75) is 26.7 Å². The molecule has 1 aliphatic rings. The number of nitrogens with zero attached hydrogens (tertiary/aromatic N) is 1. The number of rotatable bonds is 4. The van der Waals surface area contributed by atoms with E-state index in [1.165, 1.54) is 4.31 Å². The normalized spacial score (nSPS) is 20.5. The van der Waals surface area contributed by atoms with Crippen LogP contribution in [-0.2, 0) is 10.2 Å². The van der Waals surface area contributed by atoms with Crippen molar-refractivity contribution in [1.29, 1.82) is 0 Å². The van der Waals surface area contributed by atoms with E-state index in [0.29, 0.717) is 18.8 Å². The third-order valence-corrected chi connectivity index (χ3v) is 5.84. The first-order valence-electron chi connectivity index (χ1n) is 6.99. The minimum Gasteiger partial charge on any atom is -0.396 e. The van der Waals surface area contributed by atoms with Crippen molar-refractivity contribution < 1.29 is 13.5 Å². The zero-order valence-corrected chi connectivity index (χ0v) is 14.7. The van der Waals surface area contributed by atoms with Crippen molar-refractivity contribution in [2.24, 2.45) is 5.92 Å². The number of hydrogen-bond acceptors (Lipinski definition) is 3. The van der Waals surface area contributed by atoms with Crippen LogP contribution in [0.3, 0.4) is 0 Å². The molecule has 0 amide bonds. The molecule has 1 aromatic carbocycles. The van der Waals surface area contributed by atoms with Gasteiger partial charge in [-0.3, -0.25) is 4.72 Å². The molecule has 2 rings (SSSR count). The molecular weight excluding hydrogens is 356 g/mol. The number of piperidine rings is 1. The molecule has 1 aromatic rings. The van der Waals surface area contributed by atoms with Crippen LogP contribution >= 0.6 is 15.9 Å². The lowest BCUT2D eigenvalue weighted by Gasteiger charge is -2.31. The molecule has 1 fully saturated rings. The number of aliphatic hydroxyl groups excluding tert-OH is 1. The summed E-state index contributed by atoms with van der Waals surface area (Å²) in [7, 11) is -3.60. The fraction of sp³-hybridized carbons (Fsp3) is 0.571. The van der Waals surface area contributed by atoms with E-state index in [4.69, 9.17) is 0 Å². The molecule has 1 heterocycles. The van der Waals surface area contributed by atoms with Gasteiger partial charge in [-0.2, -0.15) is 12.7 Å². The highest BCUT2D eigenvalue weighted by molar-refractivity contribution is 9.10. The number of aryl methyl sites for hydroxylation is 2. The number of hydrogen-bond donors (Lipinski definition) is 2. The molecular formula is C14H21BrN2O3S. The second kappa shape index (κ2) is 6.64. The molecule has 0 spiro atoms. The maximum atomic E-state index is 12.5. The molecule has 0 bridgehead atoms. The molecule has 1 saturated heterocycles. The van der Waals surface area contributed by atoms with Gasteiger partial charge in [0.2, 0.25) is 0 Å². The molecule has 0 aromatic heterocycles. The predicted molar refractivity (Wildman–Crippen MR) is 87.5 cm³/mol. The summed E-state index contributed by atoms with van der Waals surface area (Å²) in [4.78, 5) is 0. The Morgan fingerprint density at radius 2 is 2.14 bits per heavy atom. The minimum atomic E-state index is -3.60. The Hall–Kier alpha value is -0.630. The van der Waals surface area contributed by atoms with Crippen molar-refractivity contribution in [3.8, 4) is 0 Å². The zero-order valence-electron chi connectivity index (χ0n) is 12.3. The molecule has 21 heavy (non-hydrogen) atoms. The molecule has 1 atom stereocenters. The summed E-state index contributed by atoms with van der Waals surface area (Å²) in [6.07, 6.45) is 1.65. The van der Waals surface area contributed by atoms with Crippen molar-refractivity contribution in [1.82, 2.24) is 4.31 Å². The summed E-state index contributed by atoms with van der Waals surface area (Å²) in [5.74, 6) is 0.0258. The molecule has 118 valence electrons. The van der Waals surface area contributed by atoms with Crippen molar-refractivity contribution in [3.05, 3.63) is 27.7 Å².